The number of benzene rings is 1. The van der Waals surface area contributed by atoms with Crippen molar-refractivity contribution in [1.82, 2.24) is 0 Å². The van der Waals surface area contributed by atoms with Gasteiger partial charge in [-0.15, -0.1) is 0 Å². The predicted molar refractivity (Wildman–Crippen MR) is 76.1 cm³/mol. The van der Waals surface area contributed by atoms with Crippen LogP contribution >= 0.6 is 0 Å². The quantitative estimate of drug-likeness (QED) is 0.752. The molecule has 1 aromatic rings. The van der Waals surface area contributed by atoms with E-state index in [1.807, 2.05) is 30.3 Å². The first-order valence-electron chi connectivity index (χ1n) is 7.34. The minimum Gasteiger partial charge on any atom is -0.298 e. The molecular weight excluding hydrogens is 236 g/mol. The van der Waals surface area contributed by atoms with Gasteiger partial charge in [0.15, 0.2) is 11.6 Å². The SMILES string of the molecule is CCCCC(=O)[C@]1(c2ccccc2)CCCCC1=O. The van der Waals surface area contributed by atoms with Crippen molar-refractivity contribution in [3.05, 3.63) is 35.9 Å². The summed E-state index contributed by atoms with van der Waals surface area (Å²) < 4.78 is 0. The monoisotopic (exact) mass is 258 g/mol. The molecule has 1 saturated carbocycles. The maximum atomic E-state index is 12.7. The Balaban J connectivity index is 2.38. The highest BCUT2D eigenvalue weighted by Gasteiger charge is 2.46. The molecule has 1 aliphatic rings. The van der Waals surface area contributed by atoms with E-state index in [1.165, 1.54) is 0 Å². The number of carbonyl (C=O) groups is 2. The number of hydrogen-bond donors (Lipinski definition) is 0. The van der Waals surface area contributed by atoms with Crippen molar-refractivity contribution in [2.45, 2.75) is 57.3 Å². The summed E-state index contributed by atoms with van der Waals surface area (Å²) in [4.78, 5) is 25.2. The van der Waals surface area contributed by atoms with Gasteiger partial charge in [-0.3, -0.25) is 9.59 Å². The molecule has 2 nitrogen and oxygen atoms in total. The molecule has 0 bridgehead atoms. The van der Waals surface area contributed by atoms with Gasteiger partial charge in [-0.05, 0) is 24.8 Å². The molecule has 1 fully saturated rings. The van der Waals surface area contributed by atoms with E-state index in [0.29, 0.717) is 19.3 Å². The van der Waals surface area contributed by atoms with Crippen molar-refractivity contribution in [3.63, 3.8) is 0 Å². The van der Waals surface area contributed by atoms with Gasteiger partial charge in [0, 0.05) is 12.8 Å². The third-order valence-electron chi connectivity index (χ3n) is 4.18. The van der Waals surface area contributed by atoms with Crippen molar-refractivity contribution in [2.24, 2.45) is 0 Å². The zero-order valence-electron chi connectivity index (χ0n) is 11.7. The number of hydrogen-bond acceptors (Lipinski definition) is 2. The fourth-order valence-electron chi connectivity index (χ4n) is 3.06. The van der Waals surface area contributed by atoms with Gasteiger partial charge in [-0.1, -0.05) is 50.1 Å². The standard InChI is InChI=1S/C17H22O2/c1-2-3-11-15(18)17(13-8-7-12-16(17)19)14-9-5-4-6-10-14/h4-6,9-10H,2-3,7-8,11-13H2,1H3/t17-/m1/s1. The fraction of sp³-hybridized carbons (Fsp3) is 0.529. The van der Waals surface area contributed by atoms with E-state index in [4.69, 9.17) is 0 Å². The highest BCUT2D eigenvalue weighted by Crippen LogP contribution is 2.38. The van der Waals surface area contributed by atoms with Crippen LogP contribution < -0.4 is 0 Å². The Bertz CT molecular complexity index is 450. The molecule has 0 aliphatic heterocycles. The van der Waals surface area contributed by atoms with Crippen molar-refractivity contribution >= 4 is 11.6 Å². The van der Waals surface area contributed by atoms with E-state index in [-0.39, 0.29) is 11.6 Å². The summed E-state index contributed by atoms with van der Waals surface area (Å²) in [6.07, 6.45) is 5.53. The lowest BCUT2D eigenvalue weighted by atomic mass is 9.65. The second kappa shape index (κ2) is 6.14. The molecule has 2 heteroatoms. The maximum Gasteiger partial charge on any atom is 0.150 e. The van der Waals surface area contributed by atoms with E-state index in [2.05, 4.69) is 6.92 Å². The average Bonchev–Trinajstić information content (AvgIpc) is 2.46. The van der Waals surface area contributed by atoms with Crippen LogP contribution in [0.25, 0.3) is 0 Å². The van der Waals surface area contributed by atoms with Crippen molar-refractivity contribution in [1.29, 1.82) is 0 Å². The Morgan fingerprint density at radius 3 is 2.58 bits per heavy atom. The lowest BCUT2D eigenvalue weighted by molar-refractivity contribution is -0.137. The summed E-state index contributed by atoms with van der Waals surface area (Å²) in [5.41, 5.74) is 0.0649. The van der Waals surface area contributed by atoms with Crippen LogP contribution in [0.4, 0.5) is 0 Å². The van der Waals surface area contributed by atoms with Crippen molar-refractivity contribution in [2.75, 3.05) is 0 Å². The number of ketones is 2. The zero-order chi connectivity index (χ0) is 13.7. The van der Waals surface area contributed by atoms with Crippen LogP contribution in [-0.2, 0) is 15.0 Å². The molecular formula is C17H22O2. The molecule has 0 N–H and O–H groups in total. The van der Waals surface area contributed by atoms with Crippen LogP contribution in [0.3, 0.4) is 0 Å². The van der Waals surface area contributed by atoms with Gasteiger partial charge in [-0.25, -0.2) is 0 Å². The minimum atomic E-state index is -0.839. The Kier molecular flexibility index (Phi) is 4.52. The molecule has 0 aromatic heterocycles. The van der Waals surface area contributed by atoms with E-state index < -0.39 is 5.41 Å². The first-order valence-corrected chi connectivity index (χ1v) is 7.34. The Morgan fingerprint density at radius 1 is 1.21 bits per heavy atom. The molecule has 0 saturated heterocycles. The second-order valence-electron chi connectivity index (χ2n) is 5.43. The van der Waals surface area contributed by atoms with Crippen LogP contribution in [0.5, 0.6) is 0 Å². The summed E-state index contributed by atoms with van der Waals surface area (Å²) in [6.45, 7) is 2.07. The van der Waals surface area contributed by atoms with Crippen LogP contribution in [0.1, 0.15) is 57.4 Å². The second-order valence-corrected chi connectivity index (χ2v) is 5.43. The van der Waals surface area contributed by atoms with Gasteiger partial charge in [0.1, 0.15) is 5.41 Å². The van der Waals surface area contributed by atoms with E-state index in [9.17, 15) is 9.59 Å². The maximum absolute atomic E-state index is 12.7. The Hall–Kier alpha value is -1.44. The third-order valence-corrected chi connectivity index (χ3v) is 4.18. The van der Waals surface area contributed by atoms with E-state index >= 15 is 0 Å². The first-order chi connectivity index (χ1) is 9.21. The molecule has 0 radical (unpaired) electrons. The average molecular weight is 258 g/mol. The zero-order valence-corrected chi connectivity index (χ0v) is 11.7. The summed E-state index contributed by atoms with van der Waals surface area (Å²) in [6, 6.07) is 9.65. The van der Waals surface area contributed by atoms with Crippen LogP contribution in [-0.4, -0.2) is 11.6 Å². The predicted octanol–water partition coefficient (Wildman–Crippen LogP) is 3.83. The summed E-state index contributed by atoms with van der Waals surface area (Å²) >= 11 is 0. The minimum absolute atomic E-state index is 0.130. The summed E-state index contributed by atoms with van der Waals surface area (Å²) in [7, 11) is 0. The van der Waals surface area contributed by atoms with Gasteiger partial charge in [0.25, 0.3) is 0 Å². The highest BCUT2D eigenvalue weighted by atomic mass is 16.2. The van der Waals surface area contributed by atoms with Crippen molar-refractivity contribution < 1.29 is 9.59 Å². The molecule has 1 atom stereocenters. The third kappa shape index (κ3) is 2.63. The molecule has 102 valence electrons. The van der Waals surface area contributed by atoms with Gasteiger partial charge < -0.3 is 0 Å². The lowest BCUT2D eigenvalue weighted by Gasteiger charge is -2.35. The number of carbonyl (C=O) groups excluding carboxylic acids is 2. The van der Waals surface area contributed by atoms with E-state index in [0.717, 1.165) is 31.2 Å². The Labute approximate surface area is 115 Å². The molecule has 0 spiro atoms. The summed E-state index contributed by atoms with van der Waals surface area (Å²) in [5.74, 6) is 0.260. The number of rotatable bonds is 5. The molecule has 1 aliphatic carbocycles. The highest BCUT2D eigenvalue weighted by molar-refractivity contribution is 6.13. The van der Waals surface area contributed by atoms with Crippen molar-refractivity contribution in [3.8, 4) is 0 Å². The smallest absolute Gasteiger partial charge is 0.150 e. The fourth-order valence-corrected chi connectivity index (χ4v) is 3.06. The first kappa shape index (κ1) is 14.0. The number of Topliss-reactive ketones (excluding diaryl/α,β-unsaturated/α-hetero) is 2. The van der Waals surface area contributed by atoms with Gasteiger partial charge in [0.2, 0.25) is 0 Å². The molecule has 1 aromatic carbocycles. The Morgan fingerprint density at radius 2 is 1.95 bits per heavy atom. The van der Waals surface area contributed by atoms with E-state index in [1.54, 1.807) is 0 Å². The normalized spacial score (nSPS) is 23.3. The van der Waals surface area contributed by atoms with Crippen LogP contribution in [0.15, 0.2) is 30.3 Å². The van der Waals surface area contributed by atoms with Crippen LogP contribution in [0, 0.1) is 0 Å². The largest absolute Gasteiger partial charge is 0.298 e. The van der Waals surface area contributed by atoms with Crippen LogP contribution in [0.2, 0.25) is 0 Å². The van der Waals surface area contributed by atoms with Gasteiger partial charge in [-0.2, -0.15) is 0 Å². The molecule has 0 unspecified atom stereocenters. The summed E-state index contributed by atoms with van der Waals surface area (Å²) in [5, 5.41) is 0. The van der Waals surface area contributed by atoms with Gasteiger partial charge in [0.05, 0.1) is 0 Å². The lowest BCUT2D eigenvalue weighted by Crippen LogP contribution is -2.45. The topological polar surface area (TPSA) is 34.1 Å². The molecule has 19 heavy (non-hydrogen) atoms. The molecule has 0 heterocycles. The number of unbranched alkanes of at least 4 members (excludes halogenated alkanes) is 1. The molecule has 2 rings (SSSR count). The molecule has 0 amide bonds. The van der Waals surface area contributed by atoms with Gasteiger partial charge >= 0.3 is 0 Å².